The van der Waals surface area contributed by atoms with Gasteiger partial charge in [-0.3, -0.25) is 9.59 Å². The fourth-order valence-corrected chi connectivity index (χ4v) is 2.12. The number of rotatable bonds is 6. The summed E-state index contributed by atoms with van der Waals surface area (Å²) >= 11 is 0. The van der Waals surface area contributed by atoms with E-state index < -0.39 is 5.97 Å². The third-order valence-electron chi connectivity index (χ3n) is 3.14. The standard InChI is InChI=1S/C15H21NO3/c1-4-8-16(10-15(18)19)14(17)9-13-11(2)6-5-7-12(13)3/h5-7H,4,8-10H2,1-3H3,(H,18,19). The van der Waals surface area contributed by atoms with Gasteiger partial charge in [0.2, 0.25) is 5.91 Å². The molecule has 104 valence electrons. The van der Waals surface area contributed by atoms with Crippen LogP contribution in [0.5, 0.6) is 0 Å². The number of hydrogen-bond acceptors (Lipinski definition) is 2. The van der Waals surface area contributed by atoms with Crippen LogP contribution in [0, 0.1) is 13.8 Å². The fourth-order valence-electron chi connectivity index (χ4n) is 2.12. The second kappa shape index (κ2) is 6.92. The fraction of sp³-hybridized carbons (Fsp3) is 0.467. The van der Waals surface area contributed by atoms with Gasteiger partial charge in [-0.15, -0.1) is 0 Å². The lowest BCUT2D eigenvalue weighted by Crippen LogP contribution is -2.37. The van der Waals surface area contributed by atoms with Gasteiger partial charge in [-0.25, -0.2) is 0 Å². The molecule has 1 aromatic carbocycles. The number of carboxylic acids is 1. The predicted molar refractivity (Wildman–Crippen MR) is 74.1 cm³/mol. The van der Waals surface area contributed by atoms with Crippen LogP contribution >= 0.6 is 0 Å². The summed E-state index contributed by atoms with van der Waals surface area (Å²) in [6.45, 7) is 6.13. The third kappa shape index (κ3) is 4.39. The lowest BCUT2D eigenvalue weighted by atomic mass is 9.99. The summed E-state index contributed by atoms with van der Waals surface area (Å²) in [5, 5.41) is 8.84. The van der Waals surface area contributed by atoms with Gasteiger partial charge in [0, 0.05) is 6.54 Å². The lowest BCUT2D eigenvalue weighted by molar-refractivity contribution is -0.144. The Morgan fingerprint density at radius 1 is 1.21 bits per heavy atom. The van der Waals surface area contributed by atoms with Gasteiger partial charge in [-0.2, -0.15) is 0 Å². The van der Waals surface area contributed by atoms with Crippen molar-refractivity contribution in [1.82, 2.24) is 4.90 Å². The van der Waals surface area contributed by atoms with Crippen molar-refractivity contribution >= 4 is 11.9 Å². The minimum Gasteiger partial charge on any atom is -0.480 e. The molecular weight excluding hydrogens is 242 g/mol. The maximum absolute atomic E-state index is 12.2. The van der Waals surface area contributed by atoms with E-state index in [1.54, 1.807) is 0 Å². The normalized spacial score (nSPS) is 10.3. The number of amides is 1. The molecule has 0 aliphatic heterocycles. The minimum atomic E-state index is -0.969. The summed E-state index contributed by atoms with van der Waals surface area (Å²) in [4.78, 5) is 24.4. The molecule has 0 aliphatic carbocycles. The monoisotopic (exact) mass is 263 g/mol. The summed E-state index contributed by atoms with van der Waals surface area (Å²) < 4.78 is 0. The van der Waals surface area contributed by atoms with Gasteiger partial charge in [-0.05, 0) is 37.0 Å². The second-order valence-corrected chi connectivity index (χ2v) is 4.76. The number of nitrogens with zero attached hydrogens (tertiary/aromatic N) is 1. The van der Waals surface area contributed by atoms with Crippen molar-refractivity contribution in [1.29, 1.82) is 0 Å². The van der Waals surface area contributed by atoms with Crippen molar-refractivity contribution in [2.45, 2.75) is 33.6 Å². The van der Waals surface area contributed by atoms with Crippen LogP contribution < -0.4 is 0 Å². The van der Waals surface area contributed by atoms with Crippen molar-refractivity contribution in [3.05, 3.63) is 34.9 Å². The molecule has 0 spiro atoms. The number of benzene rings is 1. The van der Waals surface area contributed by atoms with E-state index in [2.05, 4.69) is 0 Å². The number of aliphatic carboxylic acids is 1. The summed E-state index contributed by atoms with van der Waals surface area (Å²) in [6, 6.07) is 5.90. The molecular formula is C15H21NO3. The zero-order valence-electron chi connectivity index (χ0n) is 11.8. The average molecular weight is 263 g/mol. The Balaban J connectivity index is 2.84. The largest absolute Gasteiger partial charge is 0.480 e. The van der Waals surface area contributed by atoms with Crippen LogP contribution in [0.25, 0.3) is 0 Å². The van der Waals surface area contributed by atoms with Gasteiger partial charge in [0.1, 0.15) is 6.54 Å². The first-order chi connectivity index (χ1) is 8.95. The summed E-state index contributed by atoms with van der Waals surface area (Å²) in [6.07, 6.45) is 1.03. The van der Waals surface area contributed by atoms with Crippen LogP contribution in [0.1, 0.15) is 30.0 Å². The molecule has 0 bridgehead atoms. The smallest absolute Gasteiger partial charge is 0.323 e. The molecule has 4 nitrogen and oxygen atoms in total. The summed E-state index contributed by atoms with van der Waals surface area (Å²) in [5.74, 6) is -1.09. The van der Waals surface area contributed by atoms with Gasteiger partial charge in [0.25, 0.3) is 0 Å². The number of carbonyl (C=O) groups is 2. The Labute approximate surface area is 114 Å². The molecule has 0 atom stereocenters. The zero-order valence-corrected chi connectivity index (χ0v) is 11.8. The Kier molecular flexibility index (Phi) is 5.55. The number of carboxylic acid groups (broad SMARTS) is 1. The van der Waals surface area contributed by atoms with E-state index in [4.69, 9.17) is 5.11 Å². The first kappa shape index (κ1) is 15.2. The predicted octanol–water partition coefficient (Wildman–Crippen LogP) is 2.17. The average Bonchev–Trinajstić information content (AvgIpc) is 2.32. The van der Waals surface area contributed by atoms with Crippen LogP contribution in [0.15, 0.2) is 18.2 Å². The SMILES string of the molecule is CCCN(CC(=O)O)C(=O)Cc1c(C)cccc1C. The molecule has 0 fully saturated rings. The maximum atomic E-state index is 12.2. The molecule has 4 heteroatoms. The molecule has 19 heavy (non-hydrogen) atoms. The van der Waals surface area contributed by atoms with E-state index in [0.717, 1.165) is 23.1 Å². The topological polar surface area (TPSA) is 57.6 Å². The Hall–Kier alpha value is -1.84. The Bertz CT molecular complexity index is 448. The molecule has 1 amide bonds. The molecule has 0 heterocycles. The first-order valence-corrected chi connectivity index (χ1v) is 6.50. The van der Waals surface area contributed by atoms with E-state index in [9.17, 15) is 9.59 Å². The molecule has 0 radical (unpaired) electrons. The number of carbonyl (C=O) groups excluding carboxylic acids is 1. The minimum absolute atomic E-state index is 0.123. The third-order valence-corrected chi connectivity index (χ3v) is 3.14. The Morgan fingerprint density at radius 3 is 2.26 bits per heavy atom. The molecule has 0 saturated heterocycles. The number of hydrogen-bond donors (Lipinski definition) is 1. The lowest BCUT2D eigenvalue weighted by Gasteiger charge is -2.21. The maximum Gasteiger partial charge on any atom is 0.323 e. The van der Waals surface area contributed by atoms with Crippen LogP contribution in [0.3, 0.4) is 0 Å². The van der Waals surface area contributed by atoms with E-state index in [0.29, 0.717) is 6.54 Å². The van der Waals surface area contributed by atoms with Gasteiger partial charge in [0.05, 0.1) is 6.42 Å². The van der Waals surface area contributed by atoms with E-state index in [-0.39, 0.29) is 18.9 Å². The molecule has 1 N–H and O–H groups in total. The molecule has 0 aromatic heterocycles. The number of aryl methyl sites for hydroxylation is 2. The second-order valence-electron chi connectivity index (χ2n) is 4.76. The van der Waals surface area contributed by atoms with Crippen molar-refractivity contribution in [2.24, 2.45) is 0 Å². The van der Waals surface area contributed by atoms with Crippen molar-refractivity contribution in [3.8, 4) is 0 Å². The van der Waals surface area contributed by atoms with E-state index >= 15 is 0 Å². The highest BCUT2D eigenvalue weighted by Gasteiger charge is 2.17. The van der Waals surface area contributed by atoms with Gasteiger partial charge in [-0.1, -0.05) is 25.1 Å². The van der Waals surface area contributed by atoms with Crippen LogP contribution in [-0.2, 0) is 16.0 Å². The van der Waals surface area contributed by atoms with Crippen LogP contribution in [0.2, 0.25) is 0 Å². The van der Waals surface area contributed by atoms with Crippen molar-refractivity contribution in [3.63, 3.8) is 0 Å². The summed E-state index contributed by atoms with van der Waals surface area (Å²) in [5.41, 5.74) is 3.14. The molecule has 1 rings (SSSR count). The van der Waals surface area contributed by atoms with E-state index in [1.807, 2.05) is 39.0 Å². The molecule has 1 aromatic rings. The highest BCUT2D eigenvalue weighted by atomic mass is 16.4. The van der Waals surface area contributed by atoms with Crippen molar-refractivity contribution < 1.29 is 14.7 Å². The quantitative estimate of drug-likeness (QED) is 0.855. The van der Waals surface area contributed by atoms with E-state index in [1.165, 1.54) is 4.90 Å². The molecule has 0 unspecified atom stereocenters. The zero-order chi connectivity index (χ0) is 14.4. The first-order valence-electron chi connectivity index (χ1n) is 6.50. The van der Waals surface area contributed by atoms with Gasteiger partial charge >= 0.3 is 5.97 Å². The van der Waals surface area contributed by atoms with Crippen LogP contribution in [0.4, 0.5) is 0 Å². The van der Waals surface area contributed by atoms with Crippen molar-refractivity contribution in [2.75, 3.05) is 13.1 Å². The Morgan fingerprint density at radius 2 is 1.79 bits per heavy atom. The molecule has 0 saturated carbocycles. The van der Waals surface area contributed by atoms with Gasteiger partial charge in [0.15, 0.2) is 0 Å². The highest BCUT2D eigenvalue weighted by molar-refractivity contribution is 5.83. The van der Waals surface area contributed by atoms with Gasteiger partial charge < -0.3 is 10.0 Å². The summed E-state index contributed by atoms with van der Waals surface area (Å²) in [7, 11) is 0. The highest BCUT2D eigenvalue weighted by Crippen LogP contribution is 2.15. The molecule has 0 aliphatic rings. The van der Waals surface area contributed by atoms with Crippen LogP contribution in [-0.4, -0.2) is 35.0 Å².